The zero-order valence-corrected chi connectivity index (χ0v) is 10.6. The van der Waals surface area contributed by atoms with Crippen LogP contribution in [0.2, 0.25) is 5.02 Å². The minimum Gasteiger partial charge on any atom is -0.486 e. The Bertz CT molecular complexity index is 546. The maximum atomic E-state index is 6.00. The zero-order chi connectivity index (χ0) is 13.0. The van der Waals surface area contributed by atoms with Gasteiger partial charge in [-0.1, -0.05) is 17.7 Å². The minimum absolute atomic E-state index is 0.306. The third-order valence-electron chi connectivity index (χ3n) is 2.32. The van der Waals surface area contributed by atoms with Gasteiger partial charge >= 0.3 is 0 Å². The Hall–Kier alpha value is -1.94. The molecule has 0 radical (unpaired) electrons. The van der Waals surface area contributed by atoms with Crippen LogP contribution in [0.4, 0.5) is 5.69 Å². The highest BCUT2D eigenvalue weighted by molar-refractivity contribution is 6.32. The van der Waals surface area contributed by atoms with E-state index in [1.807, 2.05) is 12.1 Å². The van der Waals surface area contributed by atoms with Gasteiger partial charge in [0.2, 0.25) is 5.88 Å². The van der Waals surface area contributed by atoms with E-state index in [0.717, 1.165) is 5.69 Å². The molecule has 0 bridgehead atoms. The molecule has 4 nitrogen and oxygen atoms in total. The fourth-order valence-corrected chi connectivity index (χ4v) is 1.61. The molecule has 2 rings (SSSR count). The monoisotopic (exact) mass is 264 g/mol. The molecule has 0 unspecified atom stereocenters. The summed E-state index contributed by atoms with van der Waals surface area (Å²) >= 11 is 6.00. The highest BCUT2D eigenvalue weighted by Gasteiger charge is 2.04. The molecule has 2 N–H and O–H groups in total. The van der Waals surface area contributed by atoms with Crippen molar-refractivity contribution in [2.45, 2.75) is 6.61 Å². The molecule has 0 saturated carbocycles. The molecule has 0 spiro atoms. The van der Waals surface area contributed by atoms with Crippen LogP contribution in [-0.4, -0.2) is 12.1 Å². The molecule has 0 aliphatic rings. The largest absolute Gasteiger partial charge is 0.486 e. The number of halogens is 1. The van der Waals surface area contributed by atoms with E-state index in [2.05, 4.69) is 4.98 Å². The van der Waals surface area contributed by atoms with Crippen LogP contribution in [0.25, 0.3) is 0 Å². The van der Waals surface area contributed by atoms with Crippen LogP contribution in [0, 0.1) is 0 Å². The van der Waals surface area contributed by atoms with E-state index in [9.17, 15) is 0 Å². The second-order valence-corrected chi connectivity index (χ2v) is 4.06. The number of hydrogen-bond acceptors (Lipinski definition) is 4. The summed E-state index contributed by atoms with van der Waals surface area (Å²) in [7, 11) is 1.57. The summed E-state index contributed by atoms with van der Waals surface area (Å²) in [4.78, 5) is 4.24. The fourth-order valence-electron chi connectivity index (χ4n) is 1.43. The molecule has 0 aliphatic carbocycles. The molecule has 1 heterocycles. The predicted octanol–water partition coefficient (Wildman–Crippen LogP) is 2.90. The van der Waals surface area contributed by atoms with Crippen molar-refractivity contribution in [3.63, 3.8) is 0 Å². The van der Waals surface area contributed by atoms with E-state index >= 15 is 0 Å². The number of hydrogen-bond donors (Lipinski definition) is 1. The lowest BCUT2D eigenvalue weighted by Gasteiger charge is -2.09. The smallest absolute Gasteiger partial charge is 0.213 e. The molecule has 5 heteroatoms. The van der Waals surface area contributed by atoms with E-state index < -0.39 is 0 Å². The lowest BCUT2D eigenvalue weighted by molar-refractivity contribution is 0.298. The first-order valence-electron chi connectivity index (χ1n) is 5.37. The average molecular weight is 265 g/mol. The summed E-state index contributed by atoms with van der Waals surface area (Å²) < 4.78 is 10.6. The maximum absolute atomic E-state index is 6.00. The average Bonchev–Trinajstić information content (AvgIpc) is 2.40. The molecule has 1 aromatic heterocycles. The first-order valence-corrected chi connectivity index (χ1v) is 5.74. The van der Waals surface area contributed by atoms with Gasteiger partial charge in [-0.05, 0) is 18.2 Å². The fraction of sp³-hybridized carbons (Fsp3) is 0.154. The van der Waals surface area contributed by atoms with Crippen molar-refractivity contribution in [2.24, 2.45) is 0 Å². The summed E-state index contributed by atoms with van der Waals surface area (Å²) in [5, 5.41) is 0.520. The van der Waals surface area contributed by atoms with Crippen LogP contribution in [0.3, 0.4) is 0 Å². The lowest BCUT2D eigenvalue weighted by atomic mass is 10.3. The van der Waals surface area contributed by atoms with Crippen LogP contribution in [-0.2, 0) is 6.61 Å². The van der Waals surface area contributed by atoms with Crippen molar-refractivity contribution in [3.05, 3.63) is 47.1 Å². The number of nitrogens with zero attached hydrogens (tertiary/aromatic N) is 1. The van der Waals surface area contributed by atoms with Gasteiger partial charge in [-0.25, -0.2) is 4.98 Å². The topological polar surface area (TPSA) is 57.4 Å². The number of anilines is 1. The zero-order valence-electron chi connectivity index (χ0n) is 9.89. The first kappa shape index (κ1) is 12.5. The molecular formula is C13H13ClN2O2. The molecule has 94 valence electrons. The molecule has 18 heavy (non-hydrogen) atoms. The van der Waals surface area contributed by atoms with Crippen LogP contribution in [0.15, 0.2) is 36.4 Å². The van der Waals surface area contributed by atoms with Crippen molar-refractivity contribution < 1.29 is 9.47 Å². The van der Waals surface area contributed by atoms with Crippen molar-refractivity contribution in [1.29, 1.82) is 0 Å². The van der Waals surface area contributed by atoms with Gasteiger partial charge in [0.25, 0.3) is 0 Å². The molecule has 0 atom stereocenters. The number of aromatic nitrogens is 1. The van der Waals surface area contributed by atoms with Gasteiger partial charge in [0.15, 0.2) is 0 Å². The van der Waals surface area contributed by atoms with Crippen LogP contribution in [0.5, 0.6) is 11.6 Å². The molecule has 0 saturated heterocycles. The van der Waals surface area contributed by atoms with Crippen LogP contribution < -0.4 is 15.2 Å². The van der Waals surface area contributed by atoms with E-state index in [-0.39, 0.29) is 0 Å². The standard InChI is InChI=1S/C13H13ClN2O2/c1-17-13-4-2-3-10(16-13)8-18-12-7-9(15)5-6-11(12)14/h2-7H,8,15H2,1H3. The molecular weight excluding hydrogens is 252 g/mol. The SMILES string of the molecule is COc1cccc(COc2cc(N)ccc2Cl)n1. The van der Waals surface area contributed by atoms with E-state index in [4.69, 9.17) is 26.8 Å². The Labute approximate surface area is 110 Å². The summed E-state index contributed by atoms with van der Waals surface area (Å²) in [5.41, 5.74) is 7.03. The number of rotatable bonds is 4. The summed E-state index contributed by atoms with van der Waals surface area (Å²) in [5.74, 6) is 1.09. The Balaban J connectivity index is 2.08. The van der Waals surface area contributed by atoms with E-state index in [1.54, 1.807) is 31.4 Å². The summed E-state index contributed by atoms with van der Waals surface area (Å²) in [6.45, 7) is 0.306. The first-order chi connectivity index (χ1) is 8.69. The summed E-state index contributed by atoms with van der Waals surface area (Å²) in [6, 6.07) is 10.6. The maximum Gasteiger partial charge on any atom is 0.213 e. The van der Waals surface area contributed by atoms with Gasteiger partial charge in [0.05, 0.1) is 17.8 Å². The van der Waals surface area contributed by atoms with Gasteiger partial charge in [0.1, 0.15) is 12.4 Å². The van der Waals surface area contributed by atoms with Crippen LogP contribution in [0.1, 0.15) is 5.69 Å². The highest BCUT2D eigenvalue weighted by atomic mass is 35.5. The summed E-state index contributed by atoms with van der Waals surface area (Å²) in [6.07, 6.45) is 0. The predicted molar refractivity (Wildman–Crippen MR) is 71.0 cm³/mol. The highest BCUT2D eigenvalue weighted by Crippen LogP contribution is 2.27. The molecule has 0 amide bonds. The third-order valence-corrected chi connectivity index (χ3v) is 2.63. The third kappa shape index (κ3) is 3.05. The lowest BCUT2D eigenvalue weighted by Crippen LogP contribution is -2.00. The van der Waals surface area contributed by atoms with Gasteiger partial charge < -0.3 is 15.2 Å². The second kappa shape index (κ2) is 5.60. The quantitative estimate of drug-likeness (QED) is 0.863. The second-order valence-electron chi connectivity index (χ2n) is 3.65. The van der Waals surface area contributed by atoms with Gasteiger partial charge in [-0.3, -0.25) is 0 Å². The molecule has 2 aromatic rings. The number of nitrogen functional groups attached to an aromatic ring is 1. The Kier molecular flexibility index (Phi) is 3.89. The number of pyridine rings is 1. The Morgan fingerprint density at radius 2 is 2.11 bits per heavy atom. The molecule has 0 aliphatic heterocycles. The van der Waals surface area contributed by atoms with Crippen molar-refractivity contribution in [3.8, 4) is 11.6 Å². The van der Waals surface area contributed by atoms with Gasteiger partial charge in [-0.2, -0.15) is 0 Å². The van der Waals surface area contributed by atoms with Crippen molar-refractivity contribution in [2.75, 3.05) is 12.8 Å². The molecule has 0 fully saturated rings. The van der Waals surface area contributed by atoms with E-state index in [1.165, 1.54) is 0 Å². The van der Waals surface area contributed by atoms with Crippen LogP contribution >= 0.6 is 11.6 Å². The Morgan fingerprint density at radius 3 is 2.89 bits per heavy atom. The number of nitrogens with two attached hydrogens (primary N) is 1. The number of benzene rings is 1. The van der Waals surface area contributed by atoms with E-state index in [0.29, 0.717) is 28.9 Å². The molecule has 1 aromatic carbocycles. The number of ether oxygens (including phenoxy) is 2. The van der Waals surface area contributed by atoms with Gasteiger partial charge in [-0.15, -0.1) is 0 Å². The van der Waals surface area contributed by atoms with Crippen molar-refractivity contribution >= 4 is 17.3 Å². The Morgan fingerprint density at radius 1 is 1.28 bits per heavy atom. The number of methoxy groups -OCH3 is 1. The van der Waals surface area contributed by atoms with Crippen molar-refractivity contribution in [1.82, 2.24) is 4.98 Å². The normalized spacial score (nSPS) is 10.1. The minimum atomic E-state index is 0.306. The van der Waals surface area contributed by atoms with Gasteiger partial charge in [0, 0.05) is 17.8 Å².